The molecule has 110 valence electrons. The summed E-state index contributed by atoms with van der Waals surface area (Å²) in [7, 11) is 0. The number of hydrogen-bond acceptors (Lipinski definition) is 4. The van der Waals surface area contributed by atoms with Crippen LogP contribution in [0.5, 0.6) is 0 Å². The molecule has 1 aromatic heterocycles. The van der Waals surface area contributed by atoms with E-state index in [4.69, 9.17) is 0 Å². The van der Waals surface area contributed by atoms with Crippen molar-refractivity contribution in [3.63, 3.8) is 0 Å². The van der Waals surface area contributed by atoms with Crippen molar-refractivity contribution in [3.8, 4) is 0 Å². The van der Waals surface area contributed by atoms with Gasteiger partial charge in [0, 0.05) is 12.7 Å². The molecule has 3 N–H and O–H groups in total. The van der Waals surface area contributed by atoms with Gasteiger partial charge in [-0.1, -0.05) is 19.3 Å². The van der Waals surface area contributed by atoms with Crippen LogP contribution in [0.3, 0.4) is 0 Å². The first kappa shape index (κ1) is 14.8. The number of hydrogen-bond donors (Lipinski definition) is 3. The Morgan fingerprint density at radius 3 is 3.00 bits per heavy atom. The number of aromatic nitrogens is 1. The van der Waals surface area contributed by atoms with E-state index in [1.165, 1.54) is 0 Å². The number of pyridine rings is 1. The third-order valence-electron chi connectivity index (χ3n) is 3.69. The van der Waals surface area contributed by atoms with E-state index in [0.717, 1.165) is 32.1 Å². The van der Waals surface area contributed by atoms with Crippen molar-refractivity contribution >= 4 is 11.7 Å². The molecule has 1 heterocycles. The van der Waals surface area contributed by atoms with Crippen LogP contribution in [0, 0.1) is 0 Å². The minimum atomic E-state index is -0.444. The molecule has 1 fully saturated rings. The van der Waals surface area contributed by atoms with Crippen LogP contribution in [-0.2, 0) is 0 Å². The Labute approximate surface area is 119 Å². The summed E-state index contributed by atoms with van der Waals surface area (Å²) >= 11 is 0. The first-order valence-electron chi connectivity index (χ1n) is 7.40. The highest BCUT2D eigenvalue weighted by Crippen LogP contribution is 2.19. The lowest BCUT2D eigenvalue weighted by Gasteiger charge is -2.22. The number of aliphatic hydroxyl groups excluding tert-OH is 1. The summed E-state index contributed by atoms with van der Waals surface area (Å²) in [4.78, 5) is 16.5. The predicted molar refractivity (Wildman–Crippen MR) is 78.7 cm³/mol. The second-order valence-electron chi connectivity index (χ2n) is 5.22. The number of amides is 1. The maximum Gasteiger partial charge on any atom is 0.255 e. The van der Waals surface area contributed by atoms with Gasteiger partial charge in [0.15, 0.2) is 0 Å². The zero-order valence-electron chi connectivity index (χ0n) is 11.9. The van der Waals surface area contributed by atoms with Crippen molar-refractivity contribution in [1.29, 1.82) is 0 Å². The van der Waals surface area contributed by atoms with Gasteiger partial charge in [0.05, 0.1) is 17.7 Å². The molecule has 1 aliphatic rings. The topological polar surface area (TPSA) is 74.2 Å². The number of carbonyl (C=O) groups excluding carboxylic acids is 1. The van der Waals surface area contributed by atoms with Gasteiger partial charge in [-0.25, -0.2) is 4.98 Å². The van der Waals surface area contributed by atoms with E-state index >= 15 is 0 Å². The van der Waals surface area contributed by atoms with Crippen molar-refractivity contribution in [2.45, 2.75) is 51.2 Å². The lowest BCUT2D eigenvalue weighted by molar-refractivity contribution is 0.0819. The van der Waals surface area contributed by atoms with E-state index in [1.807, 2.05) is 6.92 Å². The lowest BCUT2D eigenvalue weighted by Crippen LogP contribution is -2.42. The van der Waals surface area contributed by atoms with E-state index < -0.39 is 6.10 Å². The molecule has 0 saturated heterocycles. The van der Waals surface area contributed by atoms with Crippen LogP contribution in [0.4, 0.5) is 5.82 Å². The van der Waals surface area contributed by atoms with Gasteiger partial charge < -0.3 is 15.7 Å². The molecule has 1 amide bonds. The summed E-state index contributed by atoms with van der Waals surface area (Å²) in [6.45, 7) is 2.68. The molecule has 0 aliphatic heterocycles. The van der Waals surface area contributed by atoms with Crippen molar-refractivity contribution in [1.82, 2.24) is 10.3 Å². The van der Waals surface area contributed by atoms with Crippen molar-refractivity contribution in [2.24, 2.45) is 0 Å². The molecule has 2 rings (SSSR count). The zero-order chi connectivity index (χ0) is 14.4. The van der Waals surface area contributed by atoms with E-state index in [2.05, 4.69) is 15.6 Å². The number of nitrogens with one attached hydrogen (secondary N) is 2. The minimum absolute atomic E-state index is 0.153. The van der Waals surface area contributed by atoms with Crippen LogP contribution in [0.1, 0.15) is 49.4 Å². The van der Waals surface area contributed by atoms with Crippen LogP contribution >= 0.6 is 0 Å². The average molecular weight is 277 g/mol. The van der Waals surface area contributed by atoms with Crippen molar-refractivity contribution in [2.75, 3.05) is 11.9 Å². The number of aliphatic hydroxyl groups is 1. The summed E-state index contributed by atoms with van der Waals surface area (Å²) in [6.07, 6.45) is 6.02. The Bertz CT molecular complexity index is 450. The van der Waals surface area contributed by atoms with Gasteiger partial charge in [-0.15, -0.1) is 0 Å². The van der Waals surface area contributed by atoms with Crippen LogP contribution in [0.2, 0.25) is 0 Å². The standard InChI is InChI=1S/C15H23N3O2/c1-2-16-14-11(7-6-10-17-14)15(20)18-12-8-4-3-5-9-13(12)19/h6-7,10,12-13,19H,2-5,8-9H2,1H3,(H,16,17)(H,18,20). The van der Waals surface area contributed by atoms with Gasteiger partial charge in [0.1, 0.15) is 5.82 Å². The monoisotopic (exact) mass is 277 g/mol. The highest BCUT2D eigenvalue weighted by Gasteiger charge is 2.24. The molecule has 0 radical (unpaired) electrons. The molecule has 0 bridgehead atoms. The predicted octanol–water partition coefficient (Wildman–Crippen LogP) is 1.94. The molecule has 20 heavy (non-hydrogen) atoms. The summed E-state index contributed by atoms with van der Waals surface area (Å²) in [6, 6.07) is 3.35. The number of anilines is 1. The highest BCUT2D eigenvalue weighted by atomic mass is 16.3. The molecular weight excluding hydrogens is 254 g/mol. The SMILES string of the molecule is CCNc1ncccc1C(=O)NC1CCCCCC1O. The van der Waals surface area contributed by atoms with E-state index in [1.54, 1.807) is 18.3 Å². The first-order chi connectivity index (χ1) is 9.72. The zero-order valence-corrected chi connectivity index (χ0v) is 11.9. The molecular formula is C15H23N3O2. The van der Waals surface area contributed by atoms with Gasteiger partial charge >= 0.3 is 0 Å². The quantitative estimate of drug-likeness (QED) is 0.735. The Hall–Kier alpha value is -1.62. The molecule has 0 aromatic carbocycles. The molecule has 5 heteroatoms. The average Bonchev–Trinajstić information content (AvgIpc) is 2.65. The highest BCUT2D eigenvalue weighted by molar-refractivity contribution is 5.98. The van der Waals surface area contributed by atoms with Crippen LogP contribution < -0.4 is 10.6 Å². The van der Waals surface area contributed by atoms with Gasteiger partial charge in [0.25, 0.3) is 5.91 Å². The molecule has 2 atom stereocenters. The maximum absolute atomic E-state index is 12.4. The second-order valence-corrected chi connectivity index (χ2v) is 5.22. The number of nitrogens with zero attached hydrogens (tertiary/aromatic N) is 1. The summed E-state index contributed by atoms with van der Waals surface area (Å²) in [5.74, 6) is 0.426. The van der Waals surface area contributed by atoms with E-state index in [-0.39, 0.29) is 11.9 Å². The molecule has 0 spiro atoms. The molecule has 2 unspecified atom stereocenters. The summed E-state index contributed by atoms with van der Waals surface area (Å²) in [5.41, 5.74) is 0.533. The van der Waals surface area contributed by atoms with Crippen LogP contribution in [0.15, 0.2) is 18.3 Å². The first-order valence-corrected chi connectivity index (χ1v) is 7.40. The molecule has 1 aromatic rings. The molecule has 1 aliphatic carbocycles. The minimum Gasteiger partial charge on any atom is -0.391 e. The Balaban J connectivity index is 2.07. The Morgan fingerprint density at radius 2 is 2.20 bits per heavy atom. The Kier molecular flexibility index (Phi) is 5.35. The van der Waals surface area contributed by atoms with Crippen LogP contribution in [-0.4, -0.2) is 34.7 Å². The fraction of sp³-hybridized carbons (Fsp3) is 0.600. The maximum atomic E-state index is 12.4. The second kappa shape index (κ2) is 7.24. The third kappa shape index (κ3) is 3.70. The third-order valence-corrected chi connectivity index (χ3v) is 3.69. The fourth-order valence-electron chi connectivity index (χ4n) is 2.60. The van der Waals surface area contributed by atoms with Crippen LogP contribution in [0.25, 0.3) is 0 Å². The van der Waals surface area contributed by atoms with Gasteiger partial charge in [0.2, 0.25) is 0 Å². The van der Waals surface area contributed by atoms with Gasteiger partial charge in [-0.3, -0.25) is 4.79 Å². The van der Waals surface area contributed by atoms with Gasteiger partial charge in [-0.2, -0.15) is 0 Å². The Morgan fingerprint density at radius 1 is 1.40 bits per heavy atom. The fourth-order valence-corrected chi connectivity index (χ4v) is 2.60. The largest absolute Gasteiger partial charge is 0.391 e. The van der Waals surface area contributed by atoms with E-state index in [0.29, 0.717) is 17.9 Å². The molecule has 5 nitrogen and oxygen atoms in total. The normalized spacial score (nSPS) is 22.9. The van der Waals surface area contributed by atoms with E-state index in [9.17, 15) is 9.90 Å². The summed E-state index contributed by atoms with van der Waals surface area (Å²) in [5, 5.41) is 16.1. The van der Waals surface area contributed by atoms with Gasteiger partial charge in [-0.05, 0) is 31.9 Å². The number of rotatable bonds is 4. The number of carbonyl (C=O) groups is 1. The smallest absolute Gasteiger partial charge is 0.255 e. The van der Waals surface area contributed by atoms with Crippen molar-refractivity contribution < 1.29 is 9.90 Å². The lowest BCUT2D eigenvalue weighted by atomic mass is 10.1. The summed E-state index contributed by atoms with van der Waals surface area (Å²) < 4.78 is 0. The van der Waals surface area contributed by atoms with Crippen molar-refractivity contribution in [3.05, 3.63) is 23.9 Å². The molecule has 1 saturated carbocycles.